The fraction of sp³-hybridized carbons (Fsp3) is 0.133. The molecule has 0 atom stereocenters. The zero-order chi connectivity index (χ0) is 17.8. The van der Waals surface area contributed by atoms with E-state index in [-0.39, 0.29) is 11.4 Å². The molecule has 0 unspecified atom stereocenters. The summed E-state index contributed by atoms with van der Waals surface area (Å²) in [5.74, 6) is -0.216. The number of anilines is 3. The van der Waals surface area contributed by atoms with Gasteiger partial charge >= 0.3 is 0 Å². The van der Waals surface area contributed by atoms with Crippen molar-refractivity contribution in [1.29, 1.82) is 0 Å². The summed E-state index contributed by atoms with van der Waals surface area (Å²) >= 11 is 5.79. The van der Waals surface area contributed by atoms with Crippen LogP contribution in [0.1, 0.15) is 6.42 Å². The van der Waals surface area contributed by atoms with E-state index in [1.807, 2.05) is 0 Å². The minimum Gasteiger partial charge on any atom is -0.370 e. The lowest BCUT2D eigenvalue weighted by molar-refractivity contribution is -0.117. The number of rotatable bonds is 6. The Balaban J connectivity index is 1.88. The van der Waals surface area contributed by atoms with Crippen molar-refractivity contribution in [2.75, 3.05) is 17.2 Å². The first kappa shape index (κ1) is 16.8. The molecule has 0 fully saturated rings. The van der Waals surface area contributed by atoms with Crippen molar-refractivity contribution in [2.45, 2.75) is 6.42 Å². The fourth-order valence-corrected chi connectivity index (χ4v) is 2.22. The van der Waals surface area contributed by atoms with Crippen molar-refractivity contribution < 1.29 is 9.18 Å². The Hall–Kier alpha value is -3.07. The Morgan fingerprint density at radius 1 is 1.28 bits per heavy atom. The van der Waals surface area contributed by atoms with Gasteiger partial charge in [-0.1, -0.05) is 11.6 Å². The van der Waals surface area contributed by atoms with E-state index in [0.29, 0.717) is 35.0 Å². The van der Waals surface area contributed by atoms with Gasteiger partial charge in [-0.3, -0.25) is 4.79 Å². The van der Waals surface area contributed by atoms with Crippen LogP contribution in [0.2, 0.25) is 5.02 Å². The van der Waals surface area contributed by atoms with Crippen molar-refractivity contribution in [3.05, 3.63) is 41.6 Å². The van der Waals surface area contributed by atoms with Gasteiger partial charge in [0.25, 0.3) is 0 Å². The molecule has 0 saturated heterocycles. The highest BCUT2D eigenvalue weighted by Gasteiger charge is 2.09. The molecule has 0 aliphatic rings. The molecule has 4 N–H and O–H groups in total. The number of carbonyl (C=O) groups is 1. The molecule has 0 bridgehead atoms. The molecule has 1 amide bonds. The van der Waals surface area contributed by atoms with Gasteiger partial charge in [0.15, 0.2) is 5.82 Å². The van der Waals surface area contributed by atoms with Gasteiger partial charge in [-0.05, 0) is 18.2 Å². The number of halogens is 2. The third kappa shape index (κ3) is 4.07. The fourth-order valence-electron chi connectivity index (χ4n) is 2.04. The molecule has 128 valence electrons. The zero-order valence-electron chi connectivity index (χ0n) is 12.8. The molecule has 3 aromatic rings. The first-order valence-corrected chi connectivity index (χ1v) is 7.63. The predicted molar refractivity (Wildman–Crippen MR) is 92.1 cm³/mol. The van der Waals surface area contributed by atoms with Gasteiger partial charge in [0, 0.05) is 18.7 Å². The topological polar surface area (TPSA) is 119 Å². The van der Waals surface area contributed by atoms with Crippen LogP contribution in [0.25, 0.3) is 11.0 Å². The number of hydrogen-bond acceptors (Lipinski definition) is 7. The molecular formula is C15H13ClFN7O. The molecule has 3 rings (SSSR count). The van der Waals surface area contributed by atoms with Crippen LogP contribution in [0, 0.1) is 5.82 Å². The van der Waals surface area contributed by atoms with Crippen LogP contribution < -0.4 is 16.4 Å². The van der Waals surface area contributed by atoms with Gasteiger partial charge in [0.05, 0.1) is 11.2 Å². The Morgan fingerprint density at radius 2 is 2.12 bits per heavy atom. The third-order valence-electron chi connectivity index (χ3n) is 3.21. The monoisotopic (exact) mass is 361 g/mol. The summed E-state index contributed by atoms with van der Waals surface area (Å²) in [6.45, 7) is 0.310. The van der Waals surface area contributed by atoms with Crippen molar-refractivity contribution in [1.82, 2.24) is 19.9 Å². The molecule has 8 nitrogen and oxygen atoms in total. The molecular weight excluding hydrogens is 349 g/mol. The first-order chi connectivity index (χ1) is 12.0. The highest BCUT2D eigenvalue weighted by atomic mass is 35.5. The molecule has 1 aromatic carbocycles. The summed E-state index contributed by atoms with van der Waals surface area (Å²) < 4.78 is 13.3. The van der Waals surface area contributed by atoms with E-state index < -0.39 is 11.7 Å². The van der Waals surface area contributed by atoms with Crippen molar-refractivity contribution in [3.8, 4) is 0 Å². The van der Waals surface area contributed by atoms with Crippen LogP contribution in [0.5, 0.6) is 0 Å². The standard InChI is InChI=1S/C15H13ClFN7O/c16-9-5-8(1-2-10(9)17)23-14-13-11(21-7-22-14)6-20-15(24-13)19-4-3-12(18)25/h1-2,5-7H,3-4H2,(H2,18,25)(H,19,20,24)(H,21,22,23). The lowest BCUT2D eigenvalue weighted by Crippen LogP contribution is -2.16. The number of nitrogens with zero attached hydrogens (tertiary/aromatic N) is 4. The highest BCUT2D eigenvalue weighted by molar-refractivity contribution is 6.31. The van der Waals surface area contributed by atoms with Gasteiger partial charge in [-0.25, -0.2) is 24.3 Å². The molecule has 0 aliphatic carbocycles. The predicted octanol–water partition coefficient (Wildman–Crippen LogP) is 2.24. The van der Waals surface area contributed by atoms with E-state index in [1.165, 1.54) is 30.7 Å². The maximum Gasteiger partial charge on any atom is 0.223 e. The number of nitrogens with two attached hydrogens (primary N) is 1. The smallest absolute Gasteiger partial charge is 0.223 e. The Kier molecular flexibility index (Phi) is 4.85. The van der Waals surface area contributed by atoms with Gasteiger partial charge in [-0.2, -0.15) is 0 Å². The van der Waals surface area contributed by atoms with Crippen LogP contribution in [0.15, 0.2) is 30.7 Å². The molecule has 25 heavy (non-hydrogen) atoms. The normalized spacial score (nSPS) is 10.6. The van der Waals surface area contributed by atoms with E-state index in [2.05, 4.69) is 30.6 Å². The molecule has 0 radical (unpaired) electrons. The second kappa shape index (κ2) is 7.22. The van der Waals surface area contributed by atoms with Gasteiger partial charge in [0.1, 0.15) is 23.2 Å². The summed E-state index contributed by atoms with van der Waals surface area (Å²) in [4.78, 5) is 27.5. The maximum atomic E-state index is 13.3. The molecule has 0 aliphatic heterocycles. The third-order valence-corrected chi connectivity index (χ3v) is 3.50. The number of fused-ring (bicyclic) bond motifs is 1. The average Bonchev–Trinajstić information content (AvgIpc) is 2.58. The number of nitrogens with one attached hydrogen (secondary N) is 2. The quantitative estimate of drug-likeness (QED) is 0.616. The number of aromatic nitrogens is 4. The van der Waals surface area contributed by atoms with Crippen molar-refractivity contribution >= 4 is 46.0 Å². The van der Waals surface area contributed by atoms with Gasteiger partial charge < -0.3 is 16.4 Å². The molecule has 2 aromatic heterocycles. The Bertz CT molecular complexity index is 937. The minimum atomic E-state index is -0.511. The van der Waals surface area contributed by atoms with Crippen molar-refractivity contribution in [3.63, 3.8) is 0 Å². The van der Waals surface area contributed by atoms with Crippen molar-refractivity contribution in [2.24, 2.45) is 5.73 Å². The van der Waals surface area contributed by atoms with Crippen LogP contribution in [-0.2, 0) is 4.79 Å². The number of hydrogen-bond donors (Lipinski definition) is 3. The van der Waals surface area contributed by atoms with E-state index in [1.54, 1.807) is 0 Å². The first-order valence-electron chi connectivity index (χ1n) is 7.25. The SMILES string of the molecule is NC(=O)CCNc1ncc2ncnc(Nc3ccc(F)c(Cl)c3)c2n1. The second-order valence-corrected chi connectivity index (χ2v) is 5.45. The van der Waals surface area contributed by atoms with E-state index in [4.69, 9.17) is 17.3 Å². The number of carbonyl (C=O) groups excluding carboxylic acids is 1. The largest absolute Gasteiger partial charge is 0.370 e. The van der Waals surface area contributed by atoms with E-state index in [9.17, 15) is 9.18 Å². The summed E-state index contributed by atoms with van der Waals surface area (Å²) in [5.41, 5.74) is 6.62. The van der Waals surface area contributed by atoms with Gasteiger partial charge in [0.2, 0.25) is 11.9 Å². The van der Waals surface area contributed by atoms with Crippen LogP contribution >= 0.6 is 11.6 Å². The number of benzene rings is 1. The van der Waals surface area contributed by atoms with Crippen LogP contribution in [0.3, 0.4) is 0 Å². The van der Waals surface area contributed by atoms with Crippen LogP contribution in [-0.4, -0.2) is 32.4 Å². The average molecular weight is 362 g/mol. The number of primary amides is 1. The molecule has 2 heterocycles. The summed E-state index contributed by atoms with van der Waals surface area (Å²) in [6.07, 6.45) is 3.05. The molecule has 0 spiro atoms. The Morgan fingerprint density at radius 3 is 2.88 bits per heavy atom. The molecule has 10 heteroatoms. The maximum absolute atomic E-state index is 13.3. The Labute approximate surface area is 146 Å². The van der Waals surface area contributed by atoms with Gasteiger partial charge in [-0.15, -0.1) is 0 Å². The lowest BCUT2D eigenvalue weighted by atomic mass is 10.3. The summed E-state index contributed by atoms with van der Waals surface area (Å²) in [5, 5.41) is 5.91. The molecule has 0 saturated carbocycles. The van der Waals surface area contributed by atoms with E-state index in [0.717, 1.165) is 0 Å². The lowest BCUT2D eigenvalue weighted by Gasteiger charge is -2.09. The second-order valence-electron chi connectivity index (χ2n) is 5.05. The summed E-state index contributed by atoms with van der Waals surface area (Å²) in [7, 11) is 0. The van der Waals surface area contributed by atoms with E-state index >= 15 is 0 Å². The minimum absolute atomic E-state index is 0.00760. The highest BCUT2D eigenvalue weighted by Crippen LogP contribution is 2.25. The zero-order valence-corrected chi connectivity index (χ0v) is 13.6. The number of amides is 1. The van der Waals surface area contributed by atoms with Crippen LogP contribution in [0.4, 0.5) is 21.8 Å². The summed E-state index contributed by atoms with van der Waals surface area (Å²) in [6, 6.07) is 4.22.